The van der Waals surface area contributed by atoms with Crippen LogP contribution in [0.4, 0.5) is 8.78 Å². The number of hydrogen-bond donors (Lipinski definition) is 0. The quantitative estimate of drug-likeness (QED) is 0.809. The first-order chi connectivity index (χ1) is 8.47. The maximum Gasteiger partial charge on any atom is 0.253 e. The Morgan fingerprint density at radius 3 is 2.78 bits per heavy atom. The molecule has 1 aliphatic carbocycles. The summed E-state index contributed by atoms with van der Waals surface area (Å²) >= 11 is 0. The fourth-order valence-electron chi connectivity index (χ4n) is 2.27. The van der Waals surface area contributed by atoms with E-state index in [0.717, 1.165) is 10.9 Å². The Labute approximate surface area is 105 Å². The molecule has 0 radical (unpaired) electrons. The molecule has 4 heteroatoms. The van der Waals surface area contributed by atoms with Crippen molar-refractivity contribution in [1.29, 1.82) is 0 Å². The molecule has 1 fully saturated rings. The lowest BCUT2D eigenvalue weighted by atomic mass is 10.0. The van der Waals surface area contributed by atoms with E-state index in [1.165, 1.54) is 5.56 Å². The number of alkyl halides is 2. The molecule has 96 valence electrons. The second kappa shape index (κ2) is 3.77. The molecule has 0 N–H and O–H groups in total. The third kappa shape index (κ3) is 1.89. The largest absolute Gasteiger partial charge is 0.264 e. The van der Waals surface area contributed by atoms with Gasteiger partial charge < -0.3 is 0 Å². The van der Waals surface area contributed by atoms with Gasteiger partial charge in [0.1, 0.15) is 0 Å². The third-order valence-corrected chi connectivity index (χ3v) is 3.68. The van der Waals surface area contributed by atoms with Crippen molar-refractivity contribution in [2.75, 3.05) is 0 Å². The van der Waals surface area contributed by atoms with Gasteiger partial charge in [0.15, 0.2) is 0 Å². The lowest BCUT2D eigenvalue weighted by Gasteiger charge is -2.07. The van der Waals surface area contributed by atoms with Gasteiger partial charge in [-0.2, -0.15) is 5.10 Å². The molecule has 0 bridgehead atoms. The van der Waals surface area contributed by atoms with E-state index in [4.69, 9.17) is 0 Å². The van der Waals surface area contributed by atoms with Crippen LogP contribution in [0.15, 0.2) is 24.4 Å². The SMILES string of the molecule is CC(C)c1ccc2cnn(CC3CC3(F)F)c2c1. The van der Waals surface area contributed by atoms with Gasteiger partial charge in [0, 0.05) is 17.7 Å². The van der Waals surface area contributed by atoms with Crippen LogP contribution in [-0.4, -0.2) is 15.7 Å². The zero-order valence-electron chi connectivity index (χ0n) is 10.5. The van der Waals surface area contributed by atoms with Gasteiger partial charge in [-0.1, -0.05) is 26.0 Å². The Morgan fingerprint density at radius 2 is 2.17 bits per heavy atom. The number of fused-ring (bicyclic) bond motifs is 1. The molecule has 1 heterocycles. The molecule has 1 unspecified atom stereocenters. The highest BCUT2D eigenvalue weighted by Crippen LogP contribution is 2.49. The molecule has 1 aliphatic rings. The minimum Gasteiger partial charge on any atom is -0.264 e. The highest BCUT2D eigenvalue weighted by molar-refractivity contribution is 5.79. The molecule has 18 heavy (non-hydrogen) atoms. The van der Waals surface area contributed by atoms with Crippen molar-refractivity contribution in [2.45, 2.75) is 38.7 Å². The average Bonchev–Trinajstić information content (AvgIpc) is 2.73. The Balaban J connectivity index is 1.94. The molecule has 0 amide bonds. The minimum atomic E-state index is -2.48. The number of nitrogens with zero attached hydrogens (tertiary/aromatic N) is 2. The number of rotatable bonds is 3. The maximum absolute atomic E-state index is 13.0. The molecule has 1 atom stereocenters. The van der Waals surface area contributed by atoms with E-state index in [1.54, 1.807) is 10.9 Å². The molecular weight excluding hydrogens is 234 g/mol. The van der Waals surface area contributed by atoms with E-state index in [2.05, 4.69) is 31.1 Å². The molecule has 3 rings (SSSR count). The van der Waals surface area contributed by atoms with E-state index in [-0.39, 0.29) is 6.42 Å². The van der Waals surface area contributed by atoms with Gasteiger partial charge in [0.25, 0.3) is 5.92 Å². The van der Waals surface area contributed by atoms with Crippen LogP contribution >= 0.6 is 0 Å². The van der Waals surface area contributed by atoms with Gasteiger partial charge in [-0.25, -0.2) is 8.78 Å². The average molecular weight is 250 g/mol. The van der Waals surface area contributed by atoms with E-state index >= 15 is 0 Å². The van der Waals surface area contributed by atoms with Crippen LogP contribution in [0.1, 0.15) is 31.7 Å². The molecule has 1 aromatic carbocycles. The molecule has 0 spiro atoms. The third-order valence-electron chi connectivity index (χ3n) is 3.68. The number of benzene rings is 1. The van der Waals surface area contributed by atoms with Crippen molar-refractivity contribution in [3.8, 4) is 0 Å². The highest BCUT2D eigenvalue weighted by Gasteiger charge is 2.56. The summed E-state index contributed by atoms with van der Waals surface area (Å²) < 4.78 is 27.6. The van der Waals surface area contributed by atoms with Crippen LogP contribution in [0.3, 0.4) is 0 Å². The molecule has 1 aromatic heterocycles. The predicted octanol–water partition coefficient (Wildman–Crippen LogP) is 3.81. The molecule has 1 saturated carbocycles. The summed E-state index contributed by atoms with van der Waals surface area (Å²) in [5, 5.41) is 5.24. The van der Waals surface area contributed by atoms with Crippen LogP contribution in [0, 0.1) is 5.92 Å². The first kappa shape index (κ1) is 11.6. The second-order valence-electron chi connectivity index (χ2n) is 5.46. The summed E-state index contributed by atoms with van der Waals surface area (Å²) in [6.07, 6.45) is 1.75. The van der Waals surface area contributed by atoms with Gasteiger partial charge in [-0.05, 0) is 17.5 Å². The van der Waals surface area contributed by atoms with Crippen molar-refractivity contribution < 1.29 is 8.78 Å². The topological polar surface area (TPSA) is 17.8 Å². The van der Waals surface area contributed by atoms with Gasteiger partial charge in [0.05, 0.1) is 18.3 Å². The number of hydrogen-bond acceptors (Lipinski definition) is 1. The normalized spacial score (nSPS) is 21.7. The summed E-state index contributed by atoms with van der Waals surface area (Å²) in [5.74, 6) is -2.59. The molecule has 0 saturated heterocycles. The van der Waals surface area contributed by atoms with Crippen LogP contribution < -0.4 is 0 Å². The second-order valence-corrected chi connectivity index (χ2v) is 5.46. The van der Waals surface area contributed by atoms with Crippen molar-refractivity contribution in [3.05, 3.63) is 30.0 Å². The maximum atomic E-state index is 13.0. The van der Waals surface area contributed by atoms with Crippen molar-refractivity contribution in [1.82, 2.24) is 9.78 Å². The summed E-state index contributed by atoms with van der Waals surface area (Å²) in [6, 6.07) is 6.15. The van der Waals surface area contributed by atoms with Crippen LogP contribution in [0.2, 0.25) is 0 Å². The summed E-state index contributed by atoms with van der Waals surface area (Å²) in [4.78, 5) is 0. The number of halogens is 2. The van der Waals surface area contributed by atoms with Gasteiger partial charge in [-0.15, -0.1) is 0 Å². The Kier molecular flexibility index (Phi) is 2.44. The lowest BCUT2D eigenvalue weighted by Crippen LogP contribution is -2.06. The molecule has 2 aromatic rings. The lowest BCUT2D eigenvalue weighted by molar-refractivity contribution is 0.0945. The van der Waals surface area contributed by atoms with E-state index < -0.39 is 11.8 Å². The van der Waals surface area contributed by atoms with Crippen LogP contribution in [-0.2, 0) is 6.54 Å². The fourth-order valence-corrected chi connectivity index (χ4v) is 2.27. The van der Waals surface area contributed by atoms with Gasteiger partial charge in [-0.3, -0.25) is 4.68 Å². The first-order valence-corrected chi connectivity index (χ1v) is 6.30. The summed E-state index contributed by atoms with van der Waals surface area (Å²) in [5.41, 5.74) is 2.18. The van der Waals surface area contributed by atoms with Crippen molar-refractivity contribution >= 4 is 10.9 Å². The molecule has 2 nitrogen and oxygen atoms in total. The smallest absolute Gasteiger partial charge is 0.253 e. The van der Waals surface area contributed by atoms with E-state index in [1.807, 2.05) is 6.07 Å². The zero-order valence-corrected chi connectivity index (χ0v) is 10.5. The predicted molar refractivity (Wildman–Crippen MR) is 66.9 cm³/mol. The summed E-state index contributed by atoms with van der Waals surface area (Å²) in [6.45, 7) is 4.56. The van der Waals surface area contributed by atoms with Crippen LogP contribution in [0.25, 0.3) is 10.9 Å². The highest BCUT2D eigenvalue weighted by atomic mass is 19.3. The number of aromatic nitrogens is 2. The molecular formula is C14H16F2N2. The standard InChI is InChI=1S/C14H16F2N2/c1-9(2)10-3-4-11-7-17-18(13(11)5-10)8-12-6-14(12,15)16/h3-5,7,9,12H,6,8H2,1-2H3. The Morgan fingerprint density at radius 1 is 1.44 bits per heavy atom. The monoisotopic (exact) mass is 250 g/mol. The molecule has 0 aliphatic heterocycles. The van der Waals surface area contributed by atoms with E-state index in [9.17, 15) is 8.78 Å². The Hall–Kier alpha value is -1.45. The fraction of sp³-hybridized carbons (Fsp3) is 0.500. The minimum absolute atomic E-state index is 0.00176. The van der Waals surface area contributed by atoms with Crippen LogP contribution in [0.5, 0.6) is 0 Å². The van der Waals surface area contributed by atoms with Gasteiger partial charge >= 0.3 is 0 Å². The zero-order chi connectivity index (χ0) is 12.9. The van der Waals surface area contributed by atoms with Crippen molar-refractivity contribution in [3.63, 3.8) is 0 Å². The van der Waals surface area contributed by atoms with Crippen molar-refractivity contribution in [2.24, 2.45) is 5.92 Å². The van der Waals surface area contributed by atoms with Gasteiger partial charge in [0.2, 0.25) is 0 Å². The Bertz CT molecular complexity index is 586. The first-order valence-electron chi connectivity index (χ1n) is 6.30. The van der Waals surface area contributed by atoms with E-state index in [0.29, 0.717) is 12.5 Å². The summed E-state index contributed by atoms with van der Waals surface area (Å²) in [7, 11) is 0.